The summed E-state index contributed by atoms with van der Waals surface area (Å²) in [5, 5.41) is 16.6. The molecule has 24 heavy (non-hydrogen) atoms. The van der Waals surface area contributed by atoms with E-state index in [-0.39, 0.29) is 5.37 Å². The molecule has 4 heterocycles. The molecular formula is C15H12BrN7S. The first-order valence-corrected chi connectivity index (χ1v) is 9.43. The van der Waals surface area contributed by atoms with Crippen molar-refractivity contribution in [2.45, 2.75) is 11.8 Å². The predicted molar refractivity (Wildman–Crippen MR) is 98.9 cm³/mol. The van der Waals surface area contributed by atoms with Crippen molar-refractivity contribution >= 4 is 41.8 Å². The van der Waals surface area contributed by atoms with E-state index >= 15 is 0 Å². The highest BCUT2D eigenvalue weighted by molar-refractivity contribution is 9.22. The summed E-state index contributed by atoms with van der Waals surface area (Å²) in [6, 6.07) is 4.20. The molecule has 3 aromatic rings. The highest BCUT2D eigenvalue weighted by atomic mass is 79.9. The van der Waals surface area contributed by atoms with Crippen LogP contribution in [0.15, 0.2) is 47.6 Å². The van der Waals surface area contributed by atoms with E-state index in [1.54, 1.807) is 12.4 Å². The summed E-state index contributed by atoms with van der Waals surface area (Å²) >= 11 is 3.49. The Bertz CT molecular complexity index is 997. The van der Waals surface area contributed by atoms with E-state index in [1.165, 1.54) is 6.33 Å². The van der Waals surface area contributed by atoms with Gasteiger partial charge in [-0.3, -0.25) is 4.68 Å². The van der Waals surface area contributed by atoms with Crippen LogP contribution in [0.2, 0.25) is 0 Å². The molecule has 0 saturated carbocycles. The molecule has 3 aromatic heterocycles. The lowest BCUT2D eigenvalue weighted by molar-refractivity contribution is 0.610. The van der Waals surface area contributed by atoms with Gasteiger partial charge < -0.3 is 4.98 Å². The second kappa shape index (κ2) is 6.22. The number of nitrogens with zero attached hydrogens (tertiary/aromatic N) is 6. The largest absolute Gasteiger partial charge is 0.346 e. The van der Waals surface area contributed by atoms with E-state index in [0.717, 1.165) is 26.2 Å². The number of hydrogen-bond acceptors (Lipinski definition) is 5. The Labute approximate surface area is 148 Å². The lowest BCUT2D eigenvalue weighted by atomic mass is 10.2. The van der Waals surface area contributed by atoms with Crippen molar-refractivity contribution in [1.82, 2.24) is 24.7 Å². The number of aromatic nitrogens is 5. The van der Waals surface area contributed by atoms with Gasteiger partial charge in [0.25, 0.3) is 0 Å². The zero-order valence-corrected chi connectivity index (χ0v) is 14.8. The predicted octanol–water partition coefficient (Wildman–Crippen LogP) is 3.47. The van der Waals surface area contributed by atoms with Crippen LogP contribution < -0.4 is 0 Å². The summed E-state index contributed by atoms with van der Waals surface area (Å²) in [5.74, 6) is 0. The van der Waals surface area contributed by atoms with Crippen molar-refractivity contribution in [2.75, 3.05) is 0 Å². The summed E-state index contributed by atoms with van der Waals surface area (Å²) in [4.78, 5) is 15.9. The van der Waals surface area contributed by atoms with Crippen LogP contribution in [0.5, 0.6) is 0 Å². The second-order valence-corrected chi connectivity index (χ2v) is 8.61. The third-order valence-corrected chi connectivity index (χ3v) is 7.24. The third-order valence-electron chi connectivity index (χ3n) is 3.75. The summed E-state index contributed by atoms with van der Waals surface area (Å²) < 4.78 is 2.72. The van der Waals surface area contributed by atoms with Gasteiger partial charge in [0.05, 0.1) is 24.4 Å². The molecule has 120 valence electrons. The standard InChI is InChI=1S/C15H12BrN7S/c16-15-19-5-6-24(15)12(1-3-17)23-8-10(7-22-23)13-11-2-4-18-14(11)21-9-20-13/h2,4-9,12,24H,1H2,(H,18,20,21). The smallest absolute Gasteiger partial charge is 0.141 e. The van der Waals surface area contributed by atoms with Crippen LogP contribution in [-0.2, 0) is 0 Å². The fraction of sp³-hybridized carbons (Fsp3) is 0.133. The molecule has 1 aliphatic heterocycles. The summed E-state index contributed by atoms with van der Waals surface area (Å²) in [6.45, 7) is 0. The fourth-order valence-electron chi connectivity index (χ4n) is 2.64. The van der Waals surface area contributed by atoms with E-state index in [1.807, 2.05) is 28.5 Å². The first-order valence-electron chi connectivity index (χ1n) is 7.16. The molecule has 7 nitrogen and oxygen atoms in total. The van der Waals surface area contributed by atoms with Gasteiger partial charge in [0.15, 0.2) is 0 Å². The van der Waals surface area contributed by atoms with Crippen LogP contribution in [0.3, 0.4) is 0 Å². The van der Waals surface area contributed by atoms with E-state index in [0.29, 0.717) is 6.42 Å². The Morgan fingerprint density at radius 3 is 3.12 bits per heavy atom. The van der Waals surface area contributed by atoms with Gasteiger partial charge >= 0.3 is 0 Å². The Balaban J connectivity index is 1.73. The second-order valence-electron chi connectivity index (χ2n) is 5.12. The first kappa shape index (κ1) is 15.1. The minimum absolute atomic E-state index is 0.0563. The van der Waals surface area contributed by atoms with Gasteiger partial charge in [-0.15, -0.1) is 0 Å². The van der Waals surface area contributed by atoms with Crippen LogP contribution in [0.4, 0.5) is 0 Å². The Morgan fingerprint density at radius 1 is 1.42 bits per heavy atom. The van der Waals surface area contributed by atoms with Crippen LogP contribution >= 0.6 is 26.8 Å². The maximum absolute atomic E-state index is 9.20. The normalized spacial score (nSPS) is 19.3. The summed E-state index contributed by atoms with van der Waals surface area (Å²) in [5.41, 5.74) is 2.51. The van der Waals surface area contributed by atoms with E-state index in [9.17, 15) is 5.26 Å². The van der Waals surface area contributed by atoms with Crippen LogP contribution in [0, 0.1) is 11.3 Å². The van der Waals surface area contributed by atoms with Crippen molar-refractivity contribution in [1.29, 1.82) is 5.26 Å². The monoisotopic (exact) mass is 401 g/mol. The van der Waals surface area contributed by atoms with Gasteiger partial charge in [-0.05, 0) is 27.4 Å². The average Bonchev–Trinajstić information content (AvgIpc) is 3.32. The average molecular weight is 402 g/mol. The number of nitriles is 1. The molecule has 9 heteroatoms. The molecule has 0 radical (unpaired) electrons. The highest BCUT2D eigenvalue weighted by Gasteiger charge is 2.24. The van der Waals surface area contributed by atoms with Crippen molar-refractivity contribution in [3.63, 3.8) is 0 Å². The molecule has 1 aliphatic rings. The molecule has 4 rings (SSSR count). The van der Waals surface area contributed by atoms with Crippen molar-refractivity contribution in [3.8, 4) is 17.3 Å². The minimum atomic E-state index is -0.708. The van der Waals surface area contributed by atoms with Gasteiger partial charge in [-0.25, -0.2) is 15.0 Å². The van der Waals surface area contributed by atoms with E-state index in [2.05, 4.69) is 47.0 Å². The van der Waals surface area contributed by atoms with Crippen LogP contribution in [0.1, 0.15) is 11.8 Å². The maximum atomic E-state index is 9.20. The van der Waals surface area contributed by atoms with Crippen molar-refractivity contribution in [3.05, 3.63) is 42.6 Å². The molecule has 0 bridgehead atoms. The minimum Gasteiger partial charge on any atom is -0.346 e. The Morgan fingerprint density at radius 2 is 2.33 bits per heavy atom. The Hall–Kier alpha value is -2.44. The molecule has 0 aromatic carbocycles. The molecule has 0 aliphatic carbocycles. The van der Waals surface area contributed by atoms with Crippen molar-refractivity contribution in [2.24, 2.45) is 4.99 Å². The van der Waals surface area contributed by atoms with Gasteiger partial charge in [0.2, 0.25) is 0 Å². The Kier molecular flexibility index (Phi) is 3.92. The van der Waals surface area contributed by atoms with Crippen LogP contribution in [-0.4, -0.2) is 28.7 Å². The van der Waals surface area contributed by atoms with Gasteiger partial charge in [-0.2, -0.15) is 21.3 Å². The molecule has 0 spiro atoms. The third kappa shape index (κ3) is 2.53. The lowest BCUT2D eigenvalue weighted by Gasteiger charge is -2.23. The number of H-pyrrole nitrogens is 1. The quantitative estimate of drug-likeness (QED) is 0.654. The number of aliphatic imine (C=N–C) groups is 1. The molecule has 0 saturated heterocycles. The molecule has 2 atom stereocenters. The summed E-state index contributed by atoms with van der Waals surface area (Å²) in [7, 11) is -0.708. The number of thiol groups is 1. The molecule has 0 amide bonds. The highest BCUT2D eigenvalue weighted by Crippen LogP contribution is 2.48. The first-order chi connectivity index (χ1) is 11.8. The number of rotatable bonds is 4. The number of nitrogens with one attached hydrogen (secondary N) is 1. The molecule has 2 unspecified atom stereocenters. The number of hydrogen-bond donors (Lipinski definition) is 2. The molecule has 0 fully saturated rings. The van der Waals surface area contributed by atoms with Gasteiger partial charge in [0.1, 0.15) is 21.3 Å². The fourth-order valence-corrected chi connectivity index (χ4v) is 5.46. The molecular weight excluding hydrogens is 390 g/mol. The number of halogens is 1. The van der Waals surface area contributed by atoms with Crippen molar-refractivity contribution < 1.29 is 0 Å². The zero-order valence-electron chi connectivity index (χ0n) is 12.3. The maximum Gasteiger partial charge on any atom is 0.141 e. The number of aromatic amines is 1. The van der Waals surface area contributed by atoms with Gasteiger partial charge in [-0.1, -0.05) is 0 Å². The van der Waals surface area contributed by atoms with Crippen LogP contribution in [0.25, 0.3) is 22.3 Å². The SMILES string of the molecule is N#CCC(n1cc(-c2ncnc3[nH]ccc23)cn1)[SH]1C=CN=C1Br. The molecule has 1 N–H and O–H groups in total. The summed E-state index contributed by atoms with van der Waals surface area (Å²) in [6.07, 6.45) is 9.23. The lowest BCUT2D eigenvalue weighted by Crippen LogP contribution is -2.10. The number of fused-ring (bicyclic) bond motifs is 1. The topological polar surface area (TPSA) is 95.5 Å². The van der Waals surface area contributed by atoms with Gasteiger partial charge in [0, 0.05) is 29.5 Å². The van der Waals surface area contributed by atoms with E-state index < -0.39 is 10.9 Å². The zero-order chi connectivity index (χ0) is 16.5. The van der Waals surface area contributed by atoms with E-state index in [4.69, 9.17) is 0 Å².